The van der Waals surface area contributed by atoms with E-state index < -0.39 is 0 Å². The molecule has 2 N–H and O–H groups in total. The summed E-state index contributed by atoms with van der Waals surface area (Å²) in [4.78, 5) is 18.0. The summed E-state index contributed by atoms with van der Waals surface area (Å²) in [5.74, 6) is 0.828. The lowest BCUT2D eigenvalue weighted by Gasteiger charge is -2.18. The van der Waals surface area contributed by atoms with Crippen molar-refractivity contribution in [2.75, 3.05) is 27.2 Å². The molecule has 0 unspecified atom stereocenters. The van der Waals surface area contributed by atoms with Gasteiger partial charge in [-0.3, -0.25) is 9.79 Å². The van der Waals surface area contributed by atoms with E-state index in [0.717, 1.165) is 30.2 Å². The Balaban J connectivity index is 2.67. The first-order chi connectivity index (χ1) is 9.65. The van der Waals surface area contributed by atoms with Crippen LogP contribution in [0.4, 0.5) is 0 Å². The van der Waals surface area contributed by atoms with Gasteiger partial charge >= 0.3 is 0 Å². The molecule has 1 rings (SSSR count). The van der Waals surface area contributed by atoms with Crippen molar-refractivity contribution in [1.29, 1.82) is 0 Å². The molecule has 0 radical (unpaired) electrons. The van der Waals surface area contributed by atoms with E-state index in [2.05, 4.69) is 15.6 Å². The zero-order valence-corrected chi connectivity index (χ0v) is 12.7. The summed E-state index contributed by atoms with van der Waals surface area (Å²) < 4.78 is 0. The largest absolute Gasteiger partial charge is 0.359 e. The van der Waals surface area contributed by atoms with Crippen LogP contribution >= 0.6 is 0 Å². The fourth-order valence-corrected chi connectivity index (χ4v) is 1.92. The summed E-state index contributed by atoms with van der Waals surface area (Å²) in [6.45, 7) is 6.12. The van der Waals surface area contributed by atoms with Gasteiger partial charge in [-0.1, -0.05) is 12.1 Å². The number of carbonyl (C=O) groups is 1. The zero-order valence-electron chi connectivity index (χ0n) is 12.7. The minimum Gasteiger partial charge on any atom is -0.359 e. The third-order valence-corrected chi connectivity index (χ3v) is 3.17. The number of nitrogens with zero attached hydrogens (tertiary/aromatic N) is 2. The first-order valence-electron chi connectivity index (χ1n) is 6.92. The van der Waals surface area contributed by atoms with E-state index in [1.807, 2.05) is 50.1 Å². The van der Waals surface area contributed by atoms with Gasteiger partial charge in [0.25, 0.3) is 5.91 Å². The van der Waals surface area contributed by atoms with Crippen LogP contribution in [0.3, 0.4) is 0 Å². The Labute approximate surface area is 121 Å². The Morgan fingerprint density at radius 1 is 1.20 bits per heavy atom. The molecule has 0 bridgehead atoms. The molecule has 0 aromatic heterocycles. The van der Waals surface area contributed by atoms with E-state index >= 15 is 0 Å². The first-order valence-corrected chi connectivity index (χ1v) is 6.92. The number of carbonyl (C=O) groups excluding carboxylic acids is 1. The second kappa shape index (κ2) is 8.19. The number of aliphatic imine (C=N–C) groups is 1. The summed E-state index contributed by atoms with van der Waals surface area (Å²) in [6, 6.07) is 7.68. The van der Waals surface area contributed by atoms with E-state index in [1.165, 1.54) is 0 Å². The lowest BCUT2D eigenvalue weighted by atomic mass is 10.1. The van der Waals surface area contributed by atoms with Gasteiger partial charge in [-0.25, -0.2) is 0 Å². The van der Waals surface area contributed by atoms with Crippen molar-refractivity contribution in [2.45, 2.75) is 20.4 Å². The molecule has 0 aliphatic carbocycles. The van der Waals surface area contributed by atoms with Crippen molar-refractivity contribution in [2.24, 2.45) is 4.99 Å². The Bertz CT molecular complexity index is 449. The molecule has 0 fully saturated rings. The Morgan fingerprint density at radius 3 is 2.25 bits per heavy atom. The third-order valence-electron chi connectivity index (χ3n) is 3.17. The van der Waals surface area contributed by atoms with Crippen LogP contribution in [0.2, 0.25) is 0 Å². The molecule has 110 valence electrons. The zero-order chi connectivity index (χ0) is 15.0. The molecular formula is C15H24N4O. The van der Waals surface area contributed by atoms with E-state index in [0.29, 0.717) is 6.54 Å². The van der Waals surface area contributed by atoms with E-state index in [-0.39, 0.29) is 5.91 Å². The van der Waals surface area contributed by atoms with E-state index in [9.17, 15) is 4.79 Å². The molecule has 0 heterocycles. The van der Waals surface area contributed by atoms with Crippen LogP contribution in [0.15, 0.2) is 29.3 Å². The smallest absolute Gasteiger partial charge is 0.253 e. The van der Waals surface area contributed by atoms with Gasteiger partial charge in [0.05, 0.1) is 0 Å². The van der Waals surface area contributed by atoms with Gasteiger partial charge in [0.15, 0.2) is 5.96 Å². The maximum atomic E-state index is 12.2. The molecule has 0 spiro atoms. The molecule has 0 saturated carbocycles. The number of guanidine groups is 1. The van der Waals surface area contributed by atoms with Crippen LogP contribution in [0, 0.1) is 0 Å². The molecular weight excluding hydrogens is 252 g/mol. The van der Waals surface area contributed by atoms with Crippen LogP contribution < -0.4 is 10.6 Å². The number of hydrogen-bond acceptors (Lipinski definition) is 2. The standard InChI is InChI=1S/C15H24N4O/c1-5-19(6-2)14(20)13-9-7-12(8-10-13)11-18-15(16-3)17-4/h7-10H,5-6,11H2,1-4H3,(H2,16,17,18). The molecule has 0 saturated heterocycles. The summed E-state index contributed by atoms with van der Waals surface area (Å²) in [5.41, 5.74) is 1.84. The molecule has 1 aromatic carbocycles. The van der Waals surface area contributed by atoms with Crippen LogP contribution in [0.5, 0.6) is 0 Å². The van der Waals surface area contributed by atoms with Gasteiger partial charge in [-0.2, -0.15) is 0 Å². The maximum absolute atomic E-state index is 12.2. The van der Waals surface area contributed by atoms with Crippen molar-refractivity contribution in [1.82, 2.24) is 15.5 Å². The molecule has 1 amide bonds. The fourth-order valence-electron chi connectivity index (χ4n) is 1.92. The molecule has 0 aliphatic heterocycles. The second-order valence-corrected chi connectivity index (χ2v) is 4.35. The van der Waals surface area contributed by atoms with Gasteiger partial charge in [-0.05, 0) is 31.5 Å². The van der Waals surface area contributed by atoms with Gasteiger partial charge < -0.3 is 15.5 Å². The first kappa shape index (κ1) is 16.0. The summed E-state index contributed by atoms with van der Waals surface area (Å²) >= 11 is 0. The van der Waals surface area contributed by atoms with Crippen LogP contribution in [-0.2, 0) is 6.54 Å². The molecule has 20 heavy (non-hydrogen) atoms. The lowest BCUT2D eigenvalue weighted by Crippen LogP contribution is -2.34. The summed E-state index contributed by atoms with van der Waals surface area (Å²) in [5, 5.41) is 6.13. The van der Waals surface area contributed by atoms with Crippen LogP contribution in [-0.4, -0.2) is 44.0 Å². The molecule has 5 nitrogen and oxygen atoms in total. The SMILES string of the molecule is CCN(CC)C(=O)c1ccc(CNC(=NC)NC)cc1. The monoisotopic (exact) mass is 276 g/mol. The summed E-state index contributed by atoms with van der Waals surface area (Å²) in [7, 11) is 3.55. The normalized spacial score (nSPS) is 11.1. The maximum Gasteiger partial charge on any atom is 0.253 e. The highest BCUT2D eigenvalue weighted by Crippen LogP contribution is 2.07. The number of hydrogen-bond donors (Lipinski definition) is 2. The van der Waals surface area contributed by atoms with Crippen LogP contribution in [0.25, 0.3) is 0 Å². The molecule has 0 atom stereocenters. The summed E-state index contributed by atoms with van der Waals surface area (Å²) in [6.07, 6.45) is 0. The fraction of sp³-hybridized carbons (Fsp3) is 0.467. The van der Waals surface area contributed by atoms with Gasteiger partial charge in [0.2, 0.25) is 0 Å². The number of nitrogens with one attached hydrogen (secondary N) is 2. The quantitative estimate of drug-likeness (QED) is 0.632. The van der Waals surface area contributed by atoms with Crippen LogP contribution in [0.1, 0.15) is 29.8 Å². The average Bonchev–Trinajstić information content (AvgIpc) is 2.50. The third kappa shape index (κ3) is 4.26. The van der Waals surface area contributed by atoms with Crippen molar-refractivity contribution in [3.8, 4) is 0 Å². The highest BCUT2D eigenvalue weighted by Gasteiger charge is 2.11. The topological polar surface area (TPSA) is 56.7 Å². The van der Waals surface area contributed by atoms with Gasteiger partial charge in [0, 0.05) is 39.3 Å². The molecule has 5 heteroatoms. The van der Waals surface area contributed by atoms with Crippen molar-refractivity contribution >= 4 is 11.9 Å². The van der Waals surface area contributed by atoms with Gasteiger partial charge in [0.1, 0.15) is 0 Å². The van der Waals surface area contributed by atoms with Crippen molar-refractivity contribution in [3.05, 3.63) is 35.4 Å². The lowest BCUT2D eigenvalue weighted by molar-refractivity contribution is 0.0773. The minimum absolute atomic E-state index is 0.0838. The Kier molecular flexibility index (Phi) is 6.56. The highest BCUT2D eigenvalue weighted by atomic mass is 16.2. The van der Waals surface area contributed by atoms with Gasteiger partial charge in [-0.15, -0.1) is 0 Å². The number of benzene rings is 1. The number of amides is 1. The Hall–Kier alpha value is -2.04. The van der Waals surface area contributed by atoms with E-state index in [1.54, 1.807) is 7.05 Å². The number of rotatable bonds is 5. The van der Waals surface area contributed by atoms with E-state index in [4.69, 9.17) is 0 Å². The molecule has 1 aromatic rings. The highest BCUT2D eigenvalue weighted by molar-refractivity contribution is 5.94. The van der Waals surface area contributed by atoms with Crippen molar-refractivity contribution < 1.29 is 4.79 Å². The Morgan fingerprint density at radius 2 is 1.80 bits per heavy atom. The predicted octanol–water partition coefficient (Wildman–Crippen LogP) is 1.46. The minimum atomic E-state index is 0.0838. The average molecular weight is 276 g/mol. The predicted molar refractivity (Wildman–Crippen MR) is 83.0 cm³/mol. The molecule has 0 aliphatic rings. The van der Waals surface area contributed by atoms with Crippen molar-refractivity contribution in [3.63, 3.8) is 0 Å². The second-order valence-electron chi connectivity index (χ2n) is 4.35.